The molecule has 11 heavy (non-hydrogen) atoms. The Morgan fingerprint density at radius 1 is 1.27 bits per heavy atom. The Morgan fingerprint density at radius 3 is 1.82 bits per heavy atom. The third kappa shape index (κ3) is 25.5. The van der Waals surface area contributed by atoms with E-state index in [0.29, 0.717) is 0 Å². The third-order valence-corrected chi connectivity index (χ3v) is 0.586. The molecule has 0 atom stereocenters. The topological polar surface area (TPSA) is 0 Å². The maximum atomic E-state index is 2.99. The molecule has 0 amide bonds. The molecule has 3 heteroatoms. The molecule has 0 saturated heterocycles. The van der Waals surface area contributed by atoms with E-state index in [2.05, 4.69) is 12.2 Å². The van der Waals surface area contributed by atoms with Gasteiger partial charge in [0.1, 0.15) is 0 Å². The van der Waals surface area contributed by atoms with Crippen LogP contribution in [0.25, 0.3) is 0 Å². The van der Waals surface area contributed by atoms with Gasteiger partial charge < -0.3 is 15.8 Å². The summed E-state index contributed by atoms with van der Waals surface area (Å²) in [5.41, 5.74) is 0. The Balaban J connectivity index is -0.0000000379. The normalized spacial score (nSPS) is 9.64. The van der Waals surface area contributed by atoms with E-state index in [9.17, 15) is 0 Å². The van der Waals surface area contributed by atoms with Crippen LogP contribution in [0.5, 0.6) is 0 Å². The van der Waals surface area contributed by atoms with Crippen LogP contribution in [0, 0.1) is 12.5 Å². The first-order chi connectivity index (χ1) is 3.91. The smallest absolute Gasteiger partial charge is 1.00 e. The van der Waals surface area contributed by atoms with E-state index in [4.69, 9.17) is 0 Å². The van der Waals surface area contributed by atoms with E-state index in [-0.39, 0.29) is 31.1 Å². The molecule has 0 fully saturated rings. The van der Waals surface area contributed by atoms with Crippen molar-refractivity contribution in [2.75, 3.05) is 0 Å². The minimum absolute atomic E-state index is 0. The van der Waals surface area contributed by atoms with Crippen molar-refractivity contribution in [1.82, 2.24) is 0 Å². The number of rotatable bonds is 0. The monoisotopic (exact) mass is 194 g/mol. The SMILES string of the molecule is C[CH-]C.[C-]1=CC=CC1.[F-].[F-].[Ti+4]. The molecule has 0 aromatic rings. The number of allylic oxidation sites excluding steroid dienone is 4. The largest absolute Gasteiger partial charge is 4.00 e. The van der Waals surface area contributed by atoms with Crippen molar-refractivity contribution in [3.8, 4) is 0 Å². The zero-order valence-corrected chi connectivity index (χ0v) is 8.33. The van der Waals surface area contributed by atoms with E-state index < -0.39 is 0 Å². The van der Waals surface area contributed by atoms with Crippen molar-refractivity contribution in [1.29, 1.82) is 0 Å². The second kappa shape index (κ2) is 22.5. The van der Waals surface area contributed by atoms with Crippen molar-refractivity contribution in [3.05, 3.63) is 30.7 Å². The Labute approximate surface area is 82.4 Å². The van der Waals surface area contributed by atoms with Crippen LogP contribution in [-0.4, -0.2) is 0 Å². The van der Waals surface area contributed by atoms with Crippen LogP contribution in [0.1, 0.15) is 20.3 Å². The van der Waals surface area contributed by atoms with Crippen molar-refractivity contribution < 1.29 is 31.1 Å². The van der Waals surface area contributed by atoms with Gasteiger partial charge in [-0.2, -0.15) is 19.9 Å². The second-order valence-corrected chi connectivity index (χ2v) is 1.58. The molecular formula is C8H12F2Ti. The molecule has 1 rings (SSSR count). The molecule has 0 heterocycles. The van der Waals surface area contributed by atoms with E-state index in [1.165, 1.54) is 0 Å². The molecule has 0 radical (unpaired) electrons. The van der Waals surface area contributed by atoms with Gasteiger partial charge in [-0.3, -0.25) is 6.08 Å². The molecule has 0 nitrogen and oxygen atoms in total. The van der Waals surface area contributed by atoms with Gasteiger partial charge in [-0.1, -0.05) is 0 Å². The summed E-state index contributed by atoms with van der Waals surface area (Å²) in [4.78, 5) is 0. The molecular weight excluding hydrogens is 182 g/mol. The van der Waals surface area contributed by atoms with E-state index in [1.807, 2.05) is 32.4 Å². The molecule has 0 aliphatic heterocycles. The van der Waals surface area contributed by atoms with E-state index in [0.717, 1.165) is 6.42 Å². The summed E-state index contributed by atoms with van der Waals surface area (Å²) in [7, 11) is 0. The number of hydrogen-bond acceptors (Lipinski definition) is 0. The summed E-state index contributed by atoms with van der Waals surface area (Å²) in [6.07, 6.45) is 12.0. The van der Waals surface area contributed by atoms with Crippen LogP contribution in [-0.2, 0) is 21.7 Å². The standard InChI is InChI=1S/C5H5.C3H7.2FH.Ti/c1-2-4-5-3-1;1-3-2;;;/h1-3H,4H2;3H,1-2H3;2*1H;/q2*-1;;;+4/p-2. The van der Waals surface area contributed by atoms with E-state index in [1.54, 1.807) is 0 Å². The van der Waals surface area contributed by atoms with Crippen molar-refractivity contribution >= 4 is 0 Å². The van der Waals surface area contributed by atoms with Crippen LogP contribution >= 0.6 is 0 Å². The van der Waals surface area contributed by atoms with Gasteiger partial charge in [0.25, 0.3) is 0 Å². The van der Waals surface area contributed by atoms with Crippen LogP contribution in [0.3, 0.4) is 0 Å². The number of hydrogen-bond donors (Lipinski definition) is 0. The van der Waals surface area contributed by atoms with Gasteiger partial charge in [-0.25, -0.2) is 12.2 Å². The van der Waals surface area contributed by atoms with Crippen LogP contribution in [0.15, 0.2) is 18.2 Å². The Bertz CT molecular complexity index is 80.1. The average molecular weight is 194 g/mol. The quantitative estimate of drug-likeness (QED) is 0.278. The number of halogens is 2. The van der Waals surface area contributed by atoms with Gasteiger partial charge in [0, 0.05) is 0 Å². The van der Waals surface area contributed by atoms with Crippen molar-refractivity contribution in [3.63, 3.8) is 0 Å². The van der Waals surface area contributed by atoms with E-state index >= 15 is 0 Å². The van der Waals surface area contributed by atoms with Gasteiger partial charge in [0.15, 0.2) is 0 Å². The first-order valence-corrected chi connectivity index (χ1v) is 2.87. The molecule has 1 aliphatic rings. The molecule has 0 N–H and O–H groups in total. The summed E-state index contributed by atoms with van der Waals surface area (Å²) in [5.74, 6) is 0. The van der Waals surface area contributed by atoms with Crippen LogP contribution in [0.4, 0.5) is 0 Å². The maximum Gasteiger partial charge on any atom is 4.00 e. The van der Waals surface area contributed by atoms with Crippen LogP contribution in [0.2, 0.25) is 0 Å². The molecule has 0 aromatic carbocycles. The molecule has 0 spiro atoms. The van der Waals surface area contributed by atoms with Gasteiger partial charge in [0.05, 0.1) is 0 Å². The fourth-order valence-electron chi connectivity index (χ4n) is 0.340. The van der Waals surface area contributed by atoms with Gasteiger partial charge >= 0.3 is 21.7 Å². The predicted octanol–water partition coefficient (Wildman–Crippen LogP) is -3.46. The Kier molecular flexibility index (Phi) is 45.9. The Hall–Kier alpha value is 0.0543. The Morgan fingerprint density at radius 2 is 1.73 bits per heavy atom. The molecule has 0 bridgehead atoms. The molecule has 1 aliphatic carbocycles. The fourth-order valence-corrected chi connectivity index (χ4v) is 0.340. The zero-order valence-electron chi connectivity index (χ0n) is 6.77. The first-order valence-electron chi connectivity index (χ1n) is 2.87. The van der Waals surface area contributed by atoms with Crippen LogP contribution < -0.4 is 9.41 Å². The minimum Gasteiger partial charge on any atom is -1.00 e. The van der Waals surface area contributed by atoms with Gasteiger partial charge in [-0.05, 0) is 0 Å². The first kappa shape index (κ1) is 22.5. The van der Waals surface area contributed by atoms with Gasteiger partial charge in [-0.15, -0.1) is 6.42 Å². The maximum absolute atomic E-state index is 2.99. The fraction of sp³-hybridized carbons (Fsp3) is 0.375. The second-order valence-electron chi connectivity index (χ2n) is 1.58. The summed E-state index contributed by atoms with van der Waals surface area (Å²) in [6, 6.07) is 0. The minimum atomic E-state index is 0. The summed E-state index contributed by atoms with van der Waals surface area (Å²) in [5, 5.41) is 0. The molecule has 0 aromatic heterocycles. The molecule has 62 valence electrons. The zero-order chi connectivity index (χ0) is 6.24. The molecule has 0 saturated carbocycles. The predicted molar refractivity (Wildman–Crippen MR) is 37.2 cm³/mol. The summed E-state index contributed by atoms with van der Waals surface area (Å²) < 4.78 is 0. The van der Waals surface area contributed by atoms with Crippen molar-refractivity contribution in [2.45, 2.75) is 20.3 Å². The van der Waals surface area contributed by atoms with Crippen molar-refractivity contribution in [2.24, 2.45) is 0 Å². The average Bonchev–Trinajstić information content (AvgIpc) is 2.17. The molecule has 0 unspecified atom stereocenters. The third-order valence-electron chi connectivity index (χ3n) is 0.586. The summed E-state index contributed by atoms with van der Waals surface area (Å²) in [6.45, 7) is 4.00. The van der Waals surface area contributed by atoms with Gasteiger partial charge in [0.2, 0.25) is 0 Å². The summed E-state index contributed by atoms with van der Waals surface area (Å²) >= 11 is 0.